The smallest absolute Gasteiger partial charge is 0.189 e. The molecule has 0 fully saturated rings. The van der Waals surface area contributed by atoms with E-state index in [1.54, 1.807) is 25.4 Å². The molecule has 1 heterocycles. The normalized spacial score (nSPS) is 9.93. The average molecular weight is 263 g/mol. The zero-order valence-corrected chi connectivity index (χ0v) is 9.58. The number of pyridine rings is 1. The zero-order valence-electron chi connectivity index (χ0n) is 7.99. The number of ether oxygens (including phenoxy) is 1. The van der Waals surface area contributed by atoms with Crippen molar-refractivity contribution in [2.45, 2.75) is 0 Å². The van der Waals surface area contributed by atoms with E-state index in [4.69, 9.17) is 11.3 Å². The SMILES string of the molecule is [C-]#[N+]c1cc(Br)c2ncc(OC)cc2c1. The Bertz CT molecular complexity index is 560. The second kappa shape index (κ2) is 3.87. The molecule has 1 aromatic carbocycles. The fraction of sp³-hybridized carbons (Fsp3) is 0.0909. The van der Waals surface area contributed by atoms with Crippen molar-refractivity contribution in [3.05, 3.63) is 40.3 Å². The number of hydrogen-bond donors (Lipinski definition) is 0. The van der Waals surface area contributed by atoms with E-state index in [1.807, 2.05) is 6.07 Å². The molecule has 0 saturated carbocycles. The first-order valence-corrected chi connectivity index (χ1v) is 5.04. The van der Waals surface area contributed by atoms with Gasteiger partial charge in [-0.3, -0.25) is 4.98 Å². The number of halogens is 1. The highest BCUT2D eigenvalue weighted by Crippen LogP contribution is 2.30. The van der Waals surface area contributed by atoms with Crippen molar-refractivity contribution < 1.29 is 4.74 Å². The Labute approximate surface area is 95.6 Å². The van der Waals surface area contributed by atoms with Crippen LogP contribution in [0.2, 0.25) is 0 Å². The highest BCUT2D eigenvalue weighted by molar-refractivity contribution is 9.10. The third-order valence-corrected chi connectivity index (χ3v) is 2.67. The van der Waals surface area contributed by atoms with Gasteiger partial charge < -0.3 is 4.74 Å². The number of hydrogen-bond acceptors (Lipinski definition) is 2. The van der Waals surface area contributed by atoms with E-state index in [0.29, 0.717) is 11.4 Å². The Morgan fingerprint density at radius 1 is 1.40 bits per heavy atom. The van der Waals surface area contributed by atoms with Crippen LogP contribution >= 0.6 is 15.9 Å². The van der Waals surface area contributed by atoms with Crippen molar-refractivity contribution in [3.8, 4) is 5.75 Å². The molecule has 0 aliphatic carbocycles. The fourth-order valence-electron chi connectivity index (χ4n) is 1.35. The lowest BCUT2D eigenvalue weighted by molar-refractivity contribution is 0.414. The predicted octanol–water partition coefficient (Wildman–Crippen LogP) is 3.56. The van der Waals surface area contributed by atoms with Gasteiger partial charge in [-0.25, -0.2) is 4.85 Å². The van der Waals surface area contributed by atoms with E-state index in [2.05, 4.69) is 25.8 Å². The van der Waals surface area contributed by atoms with Crippen LogP contribution in [0.15, 0.2) is 28.9 Å². The number of rotatable bonds is 1. The Hall–Kier alpha value is -1.60. The number of fused-ring (bicyclic) bond motifs is 1. The summed E-state index contributed by atoms with van der Waals surface area (Å²) in [6.45, 7) is 6.97. The number of nitrogens with zero attached hydrogens (tertiary/aromatic N) is 2. The molecule has 3 nitrogen and oxygen atoms in total. The first-order chi connectivity index (χ1) is 7.24. The van der Waals surface area contributed by atoms with Gasteiger partial charge in [0.25, 0.3) is 0 Å². The molecule has 15 heavy (non-hydrogen) atoms. The van der Waals surface area contributed by atoms with Crippen molar-refractivity contribution in [3.63, 3.8) is 0 Å². The van der Waals surface area contributed by atoms with Crippen LogP contribution in [0.5, 0.6) is 5.75 Å². The van der Waals surface area contributed by atoms with Gasteiger partial charge in [-0.1, -0.05) is 0 Å². The zero-order chi connectivity index (χ0) is 10.8. The lowest BCUT2D eigenvalue weighted by Gasteiger charge is -2.03. The Morgan fingerprint density at radius 3 is 2.87 bits per heavy atom. The Kier molecular flexibility index (Phi) is 2.57. The Morgan fingerprint density at radius 2 is 2.20 bits per heavy atom. The van der Waals surface area contributed by atoms with Crippen molar-refractivity contribution in [2.24, 2.45) is 0 Å². The highest BCUT2D eigenvalue weighted by atomic mass is 79.9. The van der Waals surface area contributed by atoms with Crippen LogP contribution in [0, 0.1) is 6.57 Å². The van der Waals surface area contributed by atoms with Crippen molar-refractivity contribution in [2.75, 3.05) is 7.11 Å². The summed E-state index contributed by atoms with van der Waals surface area (Å²) in [4.78, 5) is 7.64. The maximum absolute atomic E-state index is 6.97. The minimum Gasteiger partial charge on any atom is -0.495 e. The molecule has 0 unspecified atom stereocenters. The van der Waals surface area contributed by atoms with Crippen LogP contribution in [0.1, 0.15) is 0 Å². The summed E-state index contributed by atoms with van der Waals surface area (Å²) < 4.78 is 5.91. The topological polar surface area (TPSA) is 26.5 Å². The summed E-state index contributed by atoms with van der Waals surface area (Å²) in [5.41, 5.74) is 1.42. The monoisotopic (exact) mass is 262 g/mol. The first-order valence-electron chi connectivity index (χ1n) is 4.25. The minimum absolute atomic E-state index is 0.587. The van der Waals surface area contributed by atoms with Crippen LogP contribution in [0.25, 0.3) is 15.7 Å². The maximum atomic E-state index is 6.97. The lowest BCUT2D eigenvalue weighted by atomic mass is 10.2. The second-order valence-corrected chi connectivity index (χ2v) is 3.84. The molecule has 2 rings (SSSR count). The largest absolute Gasteiger partial charge is 0.495 e. The van der Waals surface area contributed by atoms with E-state index in [9.17, 15) is 0 Å². The summed E-state index contributed by atoms with van der Waals surface area (Å²) >= 11 is 3.39. The third-order valence-electron chi connectivity index (χ3n) is 2.06. The molecule has 0 spiro atoms. The van der Waals surface area contributed by atoms with E-state index in [-0.39, 0.29) is 0 Å². The summed E-state index contributed by atoms with van der Waals surface area (Å²) in [5.74, 6) is 0.691. The van der Waals surface area contributed by atoms with Gasteiger partial charge in [0.15, 0.2) is 5.69 Å². The van der Waals surface area contributed by atoms with E-state index in [1.165, 1.54) is 0 Å². The quantitative estimate of drug-likeness (QED) is 0.735. The maximum Gasteiger partial charge on any atom is 0.189 e. The molecule has 0 radical (unpaired) electrons. The number of benzene rings is 1. The van der Waals surface area contributed by atoms with Gasteiger partial charge in [-0.05, 0) is 39.5 Å². The van der Waals surface area contributed by atoms with Crippen LogP contribution < -0.4 is 4.74 Å². The van der Waals surface area contributed by atoms with Crippen molar-refractivity contribution >= 4 is 32.5 Å². The highest BCUT2D eigenvalue weighted by Gasteiger charge is 2.04. The second-order valence-electron chi connectivity index (χ2n) is 2.99. The number of methoxy groups -OCH3 is 1. The molecular weight excluding hydrogens is 256 g/mol. The molecule has 2 aromatic rings. The van der Waals surface area contributed by atoms with Gasteiger partial charge in [0, 0.05) is 4.47 Å². The molecule has 0 N–H and O–H groups in total. The van der Waals surface area contributed by atoms with E-state index in [0.717, 1.165) is 15.4 Å². The molecule has 0 saturated heterocycles. The standard InChI is InChI=1S/C11H7BrN2O/c1-13-8-3-7-4-9(15-2)6-14-11(7)10(12)5-8/h3-6H,2H3. The molecule has 0 aliphatic heterocycles. The van der Waals surface area contributed by atoms with Gasteiger partial charge in [-0.15, -0.1) is 0 Å². The molecular formula is C11H7BrN2O. The van der Waals surface area contributed by atoms with Crippen LogP contribution in [-0.4, -0.2) is 12.1 Å². The molecule has 0 aliphatic rings. The molecule has 0 amide bonds. The van der Waals surface area contributed by atoms with Gasteiger partial charge in [0.2, 0.25) is 0 Å². The predicted molar refractivity (Wildman–Crippen MR) is 62.3 cm³/mol. The van der Waals surface area contributed by atoms with Crippen LogP contribution in [0.3, 0.4) is 0 Å². The average Bonchev–Trinajstić information content (AvgIpc) is 2.28. The summed E-state index contributed by atoms with van der Waals surface area (Å²) in [5, 5.41) is 0.898. The third kappa shape index (κ3) is 1.79. The first kappa shape index (κ1) is 9.94. The molecule has 74 valence electrons. The summed E-state index contributed by atoms with van der Waals surface area (Å²) in [6, 6.07) is 5.42. The lowest BCUT2D eigenvalue weighted by Crippen LogP contribution is -1.86. The minimum atomic E-state index is 0.587. The van der Waals surface area contributed by atoms with Gasteiger partial charge in [0.1, 0.15) is 5.75 Å². The fourth-order valence-corrected chi connectivity index (χ4v) is 1.91. The molecule has 4 heteroatoms. The van der Waals surface area contributed by atoms with E-state index >= 15 is 0 Å². The van der Waals surface area contributed by atoms with Crippen LogP contribution in [0.4, 0.5) is 5.69 Å². The molecule has 0 atom stereocenters. The van der Waals surface area contributed by atoms with E-state index < -0.39 is 0 Å². The molecule has 0 bridgehead atoms. The van der Waals surface area contributed by atoms with Gasteiger partial charge >= 0.3 is 0 Å². The summed E-state index contributed by atoms with van der Waals surface area (Å²) in [6.07, 6.45) is 1.66. The van der Waals surface area contributed by atoms with Crippen molar-refractivity contribution in [1.82, 2.24) is 4.98 Å². The summed E-state index contributed by atoms with van der Waals surface area (Å²) in [7, 11) is 1.59. The van der Waals surface area contributed by atoms with Crippen molar-refractivity contribution in [1.29, 1.82) is 0 Å². The van der Waals surface area contributed by atoms with Gasteiger partial charge in [0.05, 0.1) is 25.4 Å². The van der Waals surface area contributed by atoms with Gasteiger partial charge in [-0.2, -0.15) is 0 Å². The number of aromatic nitrogens is 1. The Balaban J connectivity index is 2.76. The molecule has 1 aromatic heterocycles. The van der Waals surface area contributed by atoms with Crippen LogP contribution in [-0.2, 0) is 0 Å².